The molecule has 6 heteroatoms. The second kappa shape index (κ2) is 6.61. The van der Waals surface area contributed by atoms with Gasteiger partial charge in [0.2, 0.25) is 5.91 Å². The molecule has 5 nitrogen and oxygen atoms in total. The molecule has 1 heterocycles. The Balaban J connectivity index is 2.42. The number of imide groups is 1. The van der Waals surface area contributed by atoms with E-state index in [1.165, 1.54) is 11.8 Å². The molecule has 2 unspecified atom stereocenters. The first-order chi connectivity index (χ1) is 8.41. The Bertz CT molecular complexity index is 429. The minimum Gasteiger partial charge on any atom is -0.392 e. The van der Waals surface area contributed by atoms with E-state index < -0.39 is 12.0 Å². The molecule has 1 aromatic heterocycles. The molecule has 0 aliphatic carbocycles. The lowest BCUT2D eigenvalue weighted by Gasteiger charge is -2.13. The van der Waals surface area contributed by atoms with E-state index in [1.807, 2.05) is 6.92 Å². The van der Waals surface area contributed by atoms with E-state index in [-0.39, 0.29) is 16.9 Å². The first-order valence-electron chi connectivity index (χ1n) is 5.67. The molecule has 1 aromatic rings. The quantitative estimate of drug-likeness (QED) is 0.829. The Kier molecular flexibility index (Phi) is 5.43. The molecular weight excluding hydrogens is 252 g/mol. The summed E-state index contributed by atoms with van der Waals surface area (Å²) >= 11 is 1.31. The summed E-state index contributed by atoms with van der Waals surface area (Å²) in [6, 6.07) is 3.39. The first-order valence-corrected chi connectivity index (χ1v) is 6.72. The lowest BCUT2D eigenvalue weighted by atomic mass is 10.3. The molecule has 100 valence electrons. The fourth-order valence-corrected chi connectivity index (χ4v) is 2.04. The van der Waals surface area contributed by atoms with E-state index in [0.717, 1.165) is 0 Å². The minimum absolute atomic E-state index is 0.0408. The van der Waals surface area contributed by atoms with Crippen LogP contribution < -0.4 is 5.32 Å². The number of thioether (sulfide) groups is 1. The lowest BCUT2D eigenvalue weighted by molar-refractivity contribution is -0.117. The van der Waals surface area contributed by atoms with Crippen molar-refractivity contribution >= 4 is 23.6 Å². The summed E-state index contributed by atoms with van der Waals surface area (Å²) in [5.74, 6) is -0.598. The summed E-state index contributed by atoms with van der Waals surface area (Å²) in [5, 5.41) is 11.6. The van der Waals surface area contributed by atoms with Crippen molar-refractivity contribution in [2.24, 2.45) is 7.05 Å². The molecule has 18 heavy (non-hydrogen) atoms. The van der Waals surface area contributed by atoms with Gasteiger partial charge < -0.3 is 9.67 Å². The third-order valence-electron chi connectivity index (χ3n) is 2.59. The van der Waals surface area contributed by atoms with Crippen molar-refractivity contribution < 1.29 is 14.7 Å². The summed E-state index contributed by atoms with van der Waals surface area (Å²) in [5.41, 5.74) is 0.442. The van der Waals surface area contributed by atoms with Crippen LogP contribution in [0.25, 0.3) is 0 Å². The van der Waals surface area contributed by atoms with Crippen LogP contribution in [-0.4, -0.2) is 38.6 Å². The first kappa shape index (κ1) is 14.8. The van der Waals surface area contributed by atoms with Gasteiger partial charge in [0.05, 0.1) is 11.9 Å². The zero-order valence-corrected chi connectivity index (χ0v) is 11.5. The molecule has 2 N–H and O–H groups in total. The molecule has 0 aliphatic rings. The number of nitrogens with one attached hydrogen (secondary N) is 1. The SMILES string of the molecule is CC(O)C(C)SCC(=O)NC(=O)c1cccn1C. The maximum absolute atomic E-state index is 11.7. The van der Waals surface area contributed by atoms with Gasteiger partial charge in [-0.25, -0.2) is 0 Å². The highest BCUT2D eigenvalue weighted by molar-refractivity contribution is 8.00. The van der Waals surface area contributed by atoms with Crippen LogP contribution in [0, 0.1) is 0 Å². The van der Waals surface area contributed by atoms with Gasteiger partial charge in [0.15, 0.2) is 0 Å². The number of aliphatic hydroxyl groups excluding tert-OH is 1. The number of aryl methyl sites for hydroxylation is 1. The van der Waals surface area contributed by atoms with Crippen LogP contribution >= 0.6 is 11.8 Å². The molecule has 2 atom stereocenters. The minimum atomic E-state index is -0.480. The van der Waals surface area contributed by atoms with Crippen molar-refractivity contribution in [3.63, 3.8) is 0 Å². The maximum Gasteiger partial charge on any atom is 0.274 e. The molecule has 0 radical (unpaired) electrons. The van der Waals surface area contributed by atoms with Gasteiger partial charge in [0.1, 0.15) is 5.69 Å². The maximum atomic E-state index is 11.7. The van der Waals surface area contributed by atoms with Crippen LogP contribution in [0.1, 0.15) is 24.3 Å². The molecular formula is C12H18N2O3S. The molecule has 0 spiro atoms. The monoisotopic (exact) mass is 270 g/mol. The second-order valence-corrected chi connectivity index (χ2v) is 5.50. The third kappa shape index (κ3) is 4.19. The number of carbonyl (C=O) groups excluding carboxylic acids is 2. The largest absolute Gasteiger partial charge is 0.392 e. The number of hydrogen-bond donors (Lipinski definition) is 2. The lowest BCUT2D eigenvalue weighted by Crippen LogP contribution is -2.33. The van der Waals surface area contributed by atoms with Crippen molar-refractivity contribution in [1.29, 1.82) is 0 Å². The van der Waals surface area contributed by atoms with E-state index in [1.54, 1.807) is 36.9 Å². The van der Waals surface area contributed by atoms with E-state index in [0.29, 0.717) is 5.69 Å². The van der Waals surface area contributed by atoms with Gasteiger partial charge in [-0.3, -0.25) is 14.9 Å². The molecule has 2 amide bonds. The molecule has 0 fully saturated rings. The van der Waals surface area contributed by atoms with Crippen molar-refractivity contribution in [3.8, 4) is 0 Å². The number of carbonyl (C=O) groups is 2. The van der Waals surface area contributed by atoms with Gasteiger partial charge in [0, 0.05) is 18.5 Å². The highest BCUT2D eigenvalue weighted by Gasteiger charge is 2.15. The predicted molar refractivity (Wildman–Crippen MR) is 71.5 cm³/mol. The average Bonchev–Trinajstić information content (AvgIpc) is 2.72. The number of hydrogen-bond acceptors (Lipinski definition) is 4. The number of aromatic nitrogens is 1. The van der Waals surface area contributed by atoms with Crippen molar-refractivity contribution in [2.75, 3.05) is 5.75 Å². The Labute approximate surface area is 111 Å². The van der Waals surface area contributed by atoms with E-state index in [2.05, 4.69) is 5.32 Å². The Morgan fingerprint density at radius 1 is 1.50 bits per heavy atom. The molecule has 0 saturated heterocycles. The van der Waals surface area contributed by atoms with Gasteiger partial charge in [-0.05, 0) is 19.1 Å². The fraction of sp³-hybridized carbons (Fsp3) is 0.500. The normalized spacial score (nSPS) is 14.0. The Hall–Kier alpha value is -1.27. The van der Waals surface area contributed by atoms with Gasteiger partial charge in [-0.15, -0.1) is 11.8 Å². The zero-order valence-electron chi connectivity index (χ0n) is 10.7. The van der Waals surface area contributed by atoms with Crippen LogP contribution in [0.2, 0.25) is 0 Å². The molecule has 0 aromatic carbocycles. The summed E-state index contributed by atoms with van der Waals surface area (Å²) in [6.07, 6.45) is 1.26. The molecule has 1 rings (SSSR count). The van der Waals surface area contributed by atoms with E-state index in [9.17, 15) is 14.7 Å². The average molecular weight is 270 g/mol. The van der Waals surface area contributed by atoms with E-state index in [4.69, 9.17) is 0 Å². The van der Waals surface area contributed by atoms with Crippen LogP contribution in [-0.2, 0) is 11.8 Å². The number of nitrogens with zero attached hydrogens (tertiary/aromatic N) is 1. The number of rotatable bonds is 5. The zero-order chi connectivity index (χ0) is 13.7. The molecule has 0 bridgehead atoms. The summed E-state index contributed by atoms with van der Waals surface area (Å²) in [4.78, 5) is 23.2. The fourth-order valence-electron chi connectivity index (χ4n) is 1.27. The van der Waals surface area contributed by atoms with Crippen molar-refractivity contribution in [3.05, 3.63) is 24.0 Å². The van der Waals surface area contributed by atoms with Crippen molar-refractivity contribution in [2.45, 2.75) is 25.2 Å². The third-order valence-corrected chi connectivity index (χ3v) is 3.93. The number of aliphatic hydroxyl groups is 1. The topological polar surface area (TPSA) is 71.3 Å². The summed E-state index contributed by atoms with van der Waals surface area (Å²) < 4.78 is 1.65. The van der Waals surface area contributed by atoms with Crippen molar-refractivity contribution in [1.82, 2.24) is 9.88 Å². The predicted octanol–water partition coefficient (Wildman–Crippen LogP) is 0.784. The highest BCUT2D eigenvalue weighted by Crippen LogP contribution is 2.13. The molecule has 0 aliphatic heterocycles. The second-order valence-electron chi connectivity index (χ2n) is 4.14. The van der Waals surface area contributed by atoms with Gasteiger partial charge in [0.25, 0.3) is 5.91 Å². The standard InChI is InChI=1S/C12H18N2O3S/c1-8(15)9(2)18-7-11(16)13-12(17)10-5-4-6-14(10)3/h4-6,8-9,15H,7H2,1-3H3,(H,13,16,17). The van der Waals surface area contributed by atoms with Gasteiger partial charge in [-0.2, -0.15) is 0 Å². The van der Waals surface area contributed by atoms with Crippen LogP contribution in [0.15, 0.2) is 18.3 Å². The van der Waals surface area contributed by atoms with Crippen LogP contribution in [0.5, 0.6) is 0 Å². The molecule has 0 saturated carbocycles. The van der Waals surface area contributed by atoms with Gasteiger partial charge in [-0.1, -0.05) is 6.92 Å². The van der Waals surface area contributed by atoms with E-state index >= 15 is 0 Å². The Morgan fingerprint density at radius 2 is 2.17 bits per heavy atom. The summed E-state index contributed by atoms with van der Waals surface area (Å²) in [7, 11) is 1.74. The van der Waals surface area contributed by atoms with Crippen LogP contribution in [0.4, 0.5) is 0 Å². The smallest absolute Gasteiger partial charge is 0.274 e. The van der Waals surface area contributed by atoms with Gasteiger partial charge >= 0.3 is 0 Å². The summed E-state index contributed by atoms with van der Waals surface area (Å²) in [6.45, 7) is 3.51. The highest BCUT2D eigenvalue weighted by atomic mass is 32.2. The van der Waals surface area contributed by atoms with Crippen LogP contribution in [0.3, 0.4) is 0 Å². The number of amides is 2. The Morgan fingerprint density at radius 3 is 2.67 bits per heavy atom.